The van der Waals surface area contributed by atoms with E-state index in [0.717, 1.165) is 11.1 Å². The second-order valence-corrected chi connectivity index (χ2v) is 9.51. The van der Waals surface area contributed by atoms with Crippen LogP contribution in [-0.2, 0) is 11.3 Å². The average molecular weight is 509 g/mol. The minimum absolute atomic E-state index is 0.0000844. The molecule has 1 fully saturated rings. The maximum Gasteiger partial charge on any atom is 0.315 e. The molecule has 2 N–H and O–H groups in total. The lowest BCUT2D eigenvalue weighted by Gasteiger charge is -2.44. The zero-order chi connectivity index (χ0) is 24.7. The van der Waals surface area contributed by atoms with Crippen molar-refractivity contribution in [2.75, 3.05) is 25.5 Å². The Bertz CT molecular complexity index is 958. The monoisotopic (exact) mass is 508 g/mol. The molecule has 3 atom stereocenters. The third-order valence-corrected chi connectivity index (χ3v) is 6.51. The number of urea groups is 1. The van der Waals surface area contributed by atoms with Gasteiger partial charge in [-0.05, 0) is 49.2 Å². The molecule has 1 aliphatic heterocycles. The van der Waals surface area contributed by atoms with E-state index in [9.17, 15) is 14.0 Å². The molecule has 0 aliphatic carbocycles. The first-order valence-corrected chi connectivity index (χ1v) is 12.3. The number of piperazine rings is 1. The fourth-order valence-corrected chi connectivity index (χ4v) is 4.42. The second-order valence-electron chi connectivity index (χ2n) is 8.70. The van der Waals surface area contributed by atoms with Crippen LogP contribution in [0.25, 0.3) is 0 Å². The number of nitrogens with one attached hydrogen (secondary N) is 2. The van der Waals surface area contributed by atoms with E-state index >= 15 is 0 Å². The van der Waals surface area contributed by atoms with Crippen molar-refractivity contribution in [3.63, 3.8) is 0 Å². The summed E-state index contributed by atoms with van der Waals surface area (Å²) in [7, 11) is 0. The van der Waals surface area contributed by atoms with Gasteiger partial charge in [0.15, 0.2) is 0 Å². The van der Waals surface area contributed by atoms with Gasteiger partial charge in [-0.1, -0.05) is 35.9 Å². The standard InChI is InChI=1S/C25H31Cl2FN4O2/c1-17-15-32(18(2)14-31(17)16-19-3-9-22(28)10-4-19)24(33)13-23(30-25(34)29-12-11-26)20-5-7-21(27)8-6-20/h3-10,17-18,23H,11-16H2,1-2H3,(H2,29,30,34). The van der Waals surface area contributed by atoms with Crippen molar-refractivity contribution in [2.24, 2.45) is 0 Å². The minimum atomic E-state index is -0.500. The molecule has 0 aromatic heterocycles. The van der Waals surface area contributed by atoms with E-state index in [0.29, 0.717) is 37.1 Å². The van der Waals surface area contributed by atoms with Gasteiger partial charge in [-0.3, -0.25) is 9.69 Å². The molecule has 2 aromatic carbocycles. The van der Waals surface area contributed by atoms with Crippen LogP contribution < -0.4 is 10.6 Å². The quantitative estimate of drug-likeness (QED) is 0.513. The number of carbonyl (C=O) groups is 2. The van der Waals surface area contributed by atoms with Gasteiger partial charge in [-0.15, -0.1) is 11.6 Å². The van der Waals surface area contributed by atoms with E-state index in [1.54, 1.807) is 24.3 Å². The molecule has 0 bridgehead atoms. The van der Waals surface area contributed by atoms with Gasteiger partial charge in [-0.2, -0.15) is 0 Å². The Labute approximate surface area is 210 Å². The zero-order valence-electron chi connectivity index (χ0n) is 19.4. The molecule has 1 heterocycles. The summed E-state index contributed by atoms with van der Waals surface area (Å²) in [6, 6.07) is 12.9. The predicted octanol–water partition coefficient (Wildman–Crippen LogP) is 4.57. The molecule has 34 heavy (non-hydrogen) atoms. The van der Waals surface area contributed by atoms with Crippen LogP contribution in [0.15, 0.2) is 48.5 Å². The molecule has 1 saturated heterocycles. The molecule has 1 aliphatic rings. The van der Waals surface area contributed by atoms with Crippen molar-refractivity contribution in [1.82, 2.24) is 20.4 Å². The van der Waals surface area contributed by atoms with Crippen molar-refractivity contribution < 1.29 is 14.0 Å². The normalized spacial score (nSPS) is 19.5. The van der Waals surface area contributed by atoms with E-state index in [4.69, 9.17) is 23.2 Å². The summed E-state index contributed by atoms with van der Waals surface area (Å²) in [6.45, 7) is 6.43. The summed E-state index contributed by atoms with van der Waals surface area (Å²) in [4.78, 5) is 29.8. The Kier molecular flexibility index (Phi) is 9.56. The number of carbonyl (C=O) groups excluding carboxylic acids is 2. The summed E-state index contributed by atoms with van der Waals surface area (Å²) >= 11 is 11.7. The van der Waals surface area contributed by atoms with Gasteiger partial charge in [0.25, 0.3) is 0 Å². The number of nitrogens with zero attached hydrogens (tertiary/aromatic N) is 2. The highest BCUT2D eigenvalue weighted by molar-refractivity contribution is 6.30. The number of benzene rings is 2. The van der Waals surface area contributed by atoms with E-state index in [1.165, 1.54) is 12.1 Å². The minimum Gasteiger partial charge on any atom is -0.337 e. The number of rotatable bonds is 8. The molecule has 184 valence electrons. The topological polar surface area (TPSA) is 64.7 Å². The van der Waals surface area contributed by atoms with Crippen LogP contribution in [0.4, 0.5) is 9.18 Å². The van der Waals surface area contributed by atoms with Crippen molar-refractivity contribution in [3.05, 3.63) is 70.5 Å². The van der Waals surface area contributed by atoms with Crippen LogP contribution in [0.5, 0.6) is 0 Å². The van der Waals surface area contributed by atoms with Crippen LogP contribution >= 0.6 is 23.2 Å². The first-order valence-electron chi connectivity index (χ1n) is 11.4. The maximum atomic E-state index is 13.3. The van der Waals surface area contributed by atoms with E-state index < -0.39 is 6.04 Å². The van der Waals surface area contributed by atoms with Crippen LogP contribution in [0.3, 0.4) is 0 Å². The third-order valence-electron chi connectivity index (χ3n) is 6.07. The van der Waals surface area contributed by atoms with Gasteiger partial charge in [-0.25, -0.2) is 9.18 Å². The molecule has 6 nitrogen and oxygen atoms in total. The Morgan fingerprint density at radius 1 is 1.06 bits per heavy atom. The molecule has 3 unspecified atom stereocenters. The van der Waals surface area contributed by atoms with Crippen LogP contribution in [-0.4, -0.2) is 59.3 Å². The fraction of sp³-hybridized carbons (Fsp3) is 0.440. The lowest BCUT2D eigenvalue weighted by molar-refractivity contribution is -0.137. The molecular formula is C25H31Cl2FN4O2. The molecule has 3 rings (SSSR count). The summed E-state index contributed by atoms with van der Waals surface area (Å²) in [6.07, 6.45) is 0.130. The molecule has 0 radical (unpaired) electrons. The first kappa shape index (κ1) is 26.3. The molecule has 0 spiro atoms. The molecule has 0 saturated carbocycles. The largest absolute Gasteiger partial charge is 0.337 e. The van der Waals surface area contributed by atoms with E-state index in [1.807, 2.05) is 24.0 Å². The maximum absolute atomic E-state index is 13.3. The van der Waals surface area contributed by atoms with Gasteiger partial charge >= 0.3 is 6.03 Å². The highest BCUT2D eigenvalue weighted by Crippen LogP contribution is 2.24. The smallest absolute Gasteiger partial charge is 0.315 e. The SMILES string of the molecule is CC1CN(C(=O)CC(NC(=O)NCCCl)c2ccc(Cl)cc2)C(C)CN1Cc1ccc(F)cc1. The number of hydrogen-bond acceptors (Lipinski definition) is 3. The van der Waals surface area contributed by atoms with Crippen molar-refractivity contribution >= 4 is 35.1 Å². The van der Waals surface area contributed by atoms with Gasteiger partial charge in [0.2, 0.25) is 5.91 Å². The summed E-state index contributed by atoms with van der Waals surface area (Å²) in [5.41, 5.74) is 1.84. The molecular weight excluding hydrogens is 478 g/mol. The molecule has 2 aromatic rings. The van der Waals surface area contributed by atoms with Crippen molar-refractivity contribution in [3.8, 4) is 0 Å². The average Bonchev–Trinajstić information content (AvgIpc) is 2.81. The summed E-state index contributed by atoms with van der Waals surface area (Å²) in [5.74, 6) is 0.0226. The van der Waals surface area contributed by atoms with E-state index in [-0.39, 0.29) is 36.3 Å². The summed E-state index contributed by atoms with van der Waals surface area (Å²) < 4.78 is 13.2. The Hall–Kier alpha value is -2.35. The van der Waals surface area contributed by atoms with Gasteiger partial charge < -0.3 is 15.5 Å². The highest BCUT2D eigenvalue weighted by Gasteiger charge is 2.33. The number of halogens is 3. The van der Waals surface area contributed by atoms with Crippen molar-refractivity contribution in [1.29, 1.82) is 0 Å². The van der Waals surface area contributed by atoms with Gasteiger partial charge in [0.1, 0.15) is 5.82 Å². The Balaban J connectivity index is 1.66. The van der Waals surface area contributed by atoms with Crippen LogP contribution in [0, 0.1) is 5.82 Å². The van der Waals surface area contributed by atoms with E-state index in [2.05, 4.69) is 22.5 Å². The number of hydrogen-bond donors (Lipinski definition) is 2. The van der Waals surface area contributed by atoms with Gasteiger partial charge in [0.05, 0.1) is 12.5 Å². The predicted molar refractivity (Wildman–Crippen MR) is 134 cm³/mol. The lowest BCUT2D eigenvalue weighted by atomic mass is 10.0. The van der Waals surface area contributed by atoms with Crippen molar-refractivity contribution in [2.45, 2.75) is 44.9 Å². The number of amides is 3. The van der Waals surface area contributed by atoms with Crippen LogP contribution in [0.2, 0.25) is 5.02 Å². The lowest BCUT2D eigenvalue weighted by Crippen LogP contribution is -2.58. The van der Waals surface area contributed by atoms with Crippen LogP contribution in [0.1, 0.15) is 37.4 Å². The first-order chi connectivity index (χ1) is 16.3. The number of alkyl halides is 1. The fourth-order valence-electron chi connectivity index (χ4n) is 4.20. The Morgan fingerprint density at radius 2 is 1.74 bits per heavy atom. The highest BCUT2D eigenvalue weighted by atomic mass is 35.5. The zero-order valence-corrected chi connectivity index (χ0v) is 21.0. The second kappa shape index (κ2) is 12.4. The molecule has 9 heteroatoms. The third kappa shape index (κ3) is 7.32. The Morgan fingerprint density at radius 3 is 2.38 bits per heavy atom. The molecule has 3 amide bonds. The van der Waals surface area contributed by atoms with Gasteiger partial charge in [0, 0.05) is 49.2 Å². The summed E-state index contributed by atoms with van der Waals surface area (Å²) in [5, 5.41) is 6.15.